The van der Waals surface area contributed by atoms with Gasteiger partial charge in [-0.15, -0.1) is 0 Å². The first-order valence-corrected chi connectivity index (χ1v) is 4.88. The van der Waals surface area contributed by atoms with Gasteiger partial charge in [0.1, 0.15) is 6.04 Å². The van der Waals surface area contributed by atoms with Gasteiger partial charge in [-0.05, 0) is 31.1 Å². The Balaban J connectivity index is 2.24. The SMILES string of the molecule is Cc1cccc(C)c1NC1C=COC1=O. The molecule has 1 aromatic rings. The van der Waals surface area contributed by atoms with Crippen molar-refractivity contribution in [2.24, 2.45) is 0 Å². The molecule has 0 spiro atoms. The molecular formula is C12H13NO2. The van der Waals surface area contributed by atoms with E-state index >= 15 is 0 Å². The van der Waals surface area contributed by atoms with Crippen LogP contribution in [0, 0.1) is 13.8 Å². The second-order valence-electron chi connectivity index (χ2n) is 3.65. The number of nitrogens with one attached hydrogen (secondary N) is 1. The smallest absolute Gasteiger partial charge is 0.337 e. The second kappa shape index (κ2) is 3.77. The molecule has 1 heterocycles. The molecule has 1 atom stereocenters. The Bertz CT molecular complexity index is 403. The van der Waals surface area contributed by atoms with Gasteiger partial charge in [0.2, 0.25) is 0 Å². The fraction of sp³-hybridized carbons (Fsp3) is 0.250. The first-order chi connectivity index (χ1) is 7.18. The van der Waals surface area contributed by atoms with Crippen LogP contribution in [0.15, 0.2) is 30.5 Å². The Hall–Kier alpha value is -1.77. The summed E-state index contributed by atoms with van der Waals surface area (Å²) in [6.45, 7) is 4.03. The molecule has 1 aromatic carbocycles. The van der Waals surface area contributed by atoms with Crippen LogP contribution in [-0.2, 0) is 9.53 Å². The largest absolute Gasteiger partial charge is 0.433 e. The van der Waals surface area contributed by atoms with Crippen LogP contribution in [0.4, 0.5) is 5.69 Å². The first-order valence-electron chi connectivity index (χ1n) is 4.88. The predicted octanol–water partition coefficient (Wildman–Crippen LogP) is 2.15. The number of cyclic esters (lactones) is 1. The summed E-state index contributed by atoms with van der Waals surface area (Å²) < 4.78 is 4.74. The molecule has 1 N–H and O–H groups in total. The van der Waals surface area contributed by atoms with E-state index in [1.165, 1.54) is 6.26 Å². The Morgan fingerprint density at radius 2 is 1.93 bits per heavy atom. The lowest BCUT2D eigenvalue weighted by Gasteiger charge is -2.14. The number of anilines is 1. The maximum Gasteiger partial charge on any atom is 0.337 e. The number of hydrogen-bond acceptors (Lipinski definition) is 3. The van der Waals surface area contributed by atoms with Crippen molar-refractivity contribution in [3.63, 3.8) is 0 Å². The van der Waals surface area contributed by atoms with E-state index in [1.54, 1.807) is 6.08 Å². The van der Waals surface area contributed by atoms with Crippen molar-refractivity contribution in [3.05, 3.63) is 41.7 Å². The van der Waals surface area contributed by atoms with Crippen molar-refractivity contribution in [1.82, 2.24) is 0 Å². The number of benzene rings is 1. The molecule has 1 aliphatic heterocycles. The van der Waals surface area contributed by atoms with Crippen molar-refractivity contribution < 1.29 is 9.53 Å². The Morgan fingerprint density at radius 1 is 1.27 bits per heavy atom. The standard InChI is InChI=1S/C12H13NO2/c1-8-4-3-5-9(2)11(8)13-10-6-7-15-12(10)14/h3-7,10,13H,1-2H3. The molecule has 0 saturated heterocycles. The third-order valence-electron chi connectivity index (χ3n) is 2.49. The summed E-state index contributed by atoms with van der Waals surface area (Å²) in [5, 5.41) is 3.17. The van der Waals surface area contributed by atoms with Gasteiger partial charge in [0, 0.05) is 5.69 Å². The first kappa shape index (κ1) is 9.77. The van der Waals surface area contributed by atoms with E-state index < -0.39 is 0 Å². The van der Waals surface area contributed by atoms with E-state index in [4.69, 9.17) is 4.74 Å². The molecule has 78 valence electrons. The maximum absolute atomic E-state index is 11.3. The summed E-state index contributed by atoms with van der Waals surface area (Å²) in [4.78, 5) is 11.3. The number of carbonyl (C=O) groups excluding carboxylic acids is 1. The number of aryl methyl sites for hydroxylation is 2. The molecule has 3 heteroatoms. The molecule has 0 radical (unpaired) electrons. The lowest BCUT2D eigenvalue weighted by molar-refractivity contribution is -0.136. The van der Waals surface area contributed by atoms with Gasteiger partial charge >= 0.3 is 5.97 Å². The molecule has 3 nitrogen and oxygen atoms in total. The number of hydrogen-bond donors (Lipinski definition) is 1. The summed E-state index contributed by atoms with van der Waals surface area (Å²) in [5.74, 6) is -0.252. The van der Waals surface area contributed by atoms with E-state index in [0.29, 0.717) is 0 Å². The normalized spacial score (nSPS) is 19.1. The van der Waals surface area contributed by atoms with Gasteiger partial charge in [-0.1, -0.05) is 18.2 Å². The second-order valence-corrected chi connectivity index (χ2v) is 3.65. The quantitative estimate of drug-likeness (QED) is 0.748. The highest BCUT2D eigenvalue weighted by atomic mass is 16.5. The summed E-state index contributed by atoms with van der Waals surface area (Å²) >= 11 is 0. The van der Waals surface area contributed by atoms with Crippen LogP contribution >= 0.6 is 0 Å². The van der Waals surface area contributed by atoms with Gasteiger partial charge in [0.15, 0.2) is 0 Å². The van der Waals surface area contributed by atoms with Crippen molar-refractivity contribution in [2.45, 2.75) is 19.9 Å². The highest BCUT2D eigenvalue weighted by Gasteiger charge is 2.22. The summed E-state index contributed by atoms with van der Waals surface area (Å²) in [6, 6.07) is 5.67. The van der Waals surface area contributed by atoms with Gasteiger partial charge in [-0.2, -0.15) is 0 Å². The minimum absolute atomic E-state index is 0.252. The van der Waals surface area contributed by atoms with Crippen LogP contribution in [0.5, 0.6) is 0 Å². The van der Waals surface area contributed by atoms with Gasteiger partial charge in [0.25, 0.3) is 0 Å². The molecule has 0 saturated carbocycles. The summed E-state index contributed by atoms with van der Waals surface area (Å²) in [5.41, 5.74) is 3.26. The monoisotopic (exact) mass is 203 g/mol. The van der Waals surface area contributed by atoms with E-state index in [-0.39, 0.29) is 12.0 Å². The van der Waals surface area contributed by atoms with Gasteiger partial charge in [0.05, 0.1) is 6.26 Å². The Morgan fingerprint density at radius 3 is 2.47 bits per heavy atom. The van der Waals surface area contributed by atoms with Crippen molar-refractivity contribution in [1.29, 1.82) is 0 Å². The van der Waals surface area contributed by atoms with Crippen molar-refractivity contribution >= 4 is 11.7 Å². The van der Waals surface area contributed by atoms with Crippen LogP contribution in [0.1, 0.15) is 11.1 Å². The van der Waals surface area contributed by atoms with Gasteiger partial charge < -0.3 is 10.1 Å². The van der Waals surface area contributed by atoms with Crippen LogP contribution in [0.2, 0.25) is 0 Å². The van der Waals surface area contributed by atoms with E-state index in [9.17, 15) is 4.79 Å². The third kappa shape index (κ3) is 1.86. The Kier molecular flexibility index (Phi) is 2.46. The molecular weight excluding hydrogens is 190 g/mol. The average molecular weight is 203 g/mol. The third-order valence-corrected chi connectivity index (χ3v) is 2.49. The lowest BCUT2D eigenvalue weighted by Crippen LogP contribution is -2.25. The molecule has 0 fully saturated rings. The van der Waals surface area contributed by atoms with Crippen LogP contribution < -0.4 is 5.32 Å². The zero-order chi connectivity index (χ0) is 10.8. The molecule has 1 unspecified atom stereocenters. The van der Waals surface area contributed by atoms with Crippen LogP contribution in [-0.4, -0.2) is 12.0 Å². The zero-order valence-electron chi connectivity index (χ0n) is 8.78. The molecule has 0 bridgehead atoms. The number of para-hydroxylation sites is 1. The number of ether oxygens (including phenoxy) is 1. The molecule has 0 amide bonds. The summed E-state index contributed by atoms with van der Waals surface area (Å²) in [6.07, 6.45) is 3.14. The topological polar surface area (TPSA) is 38.3 Å². The Labute approximate surface area is 88.8 Å². The van der Waals surface area contributed by atoms with Crippen molar-refractivity contribution in [3.8, 4) is 0 Å². The average Bonchev–Trinajstić information content (AvgIpc) is 2.58. The van der Waals surface area contributed by atoms with Crippen LogP contribution in [0.3, 0.4) is 0 Å². The highest BCUT2D eigenvalue weighted by Crippen LogP contribution is 2.21. The molecule has 0 aliphatic carbocycles. The lowest BCUT2D eigenvalue weighted by atomic mass is 10.1. The number of rotatable bonds is 2. The van der Waals surface area contributed by atoms with Gasteiger partial charge in [-0.3, -0.25) is 0 Å². The fourth-order valence-electron chi connectivity index (χ4n) is 1.64. The van der Waals surface area contributed by atoms with Crippen molar-refractivity contribution in [2.75, 3.05) is 5.32 Å². The highest BCUT2D eigenvalue weighted by molar-refractivity contribution is 5.84. The van der Waals surface area contributed by atoms with E-state index in [0.717, 1.165) is 16.8 Å². The zero-order valence-corrected chi connectivity index (χ0v) is 8.78. The molecule has 0 aromatic heterocycles. The number of esters is 1. The molecule has 2 rings (SSSR count). The maximum atomic E-state index is 11.3. The van der Waals surface area contributed by atoms with E-state index in [2.05, 4.69) is 5.32 Å². The predicted molar refractivity (Wildman–Crippen MR) is 58.6 cm³/mol. The summed E-state index contributed by atoms with van der Waals surface area (Å²) in [7, 11) is 0. The molecule has 15 heavy (non-hydrogen) atoms. The molecule has 1 aliphatic rings. The van der Waals surface area contributed by atoms with Crippen LogP contribution in [0.25, 0.3) is 0 Å². The minimum atomic E-state index is -0.357. The number of carbonyl (C=O) groups is 1. The minimum Gasteiger partial charge on any atom is -0.433 e. The fourth-order valence-corrected chi connectivity index (χ4v) is 1.64. The van der Waals surface area contributed by atoms with E-state index in [1.807, 2.05) is 32.0 Å². The van der Waals surface area contributed by atoms with Gasteiger partial charge in [-0.25, -0.2) is 4.79 Å².